The van der Waals surface area contributed by atoms with Gasteiger partial charge < -0.3 is 122 Å². The highest BCUT2D eigenvalue weighted by Crippen LogP contribution is 2.21. The Bertz CT molecular complexity index is 3850. The maximum absolute atomic E-state index is 14.7. The molecule has 0 spiro atoms. The van der Waals surface area contributed by atoms with Gasteiger partial charge in [0.15, 0.2) is 5.78 Å². The van der Waals surface area contributed by atoms with Crippen molar-refractivity contribution in [2.45, 2.75) is 158 Å². The fourth-order valence-corrected chi connectivity index (χ4v) is 10.2. The molecule has 25 N–H and O–H groups in total. The van der Waals surface area contributed by atoms with Crippen molar-refractivity contribution in [3.05, 3.63) is 65.9 Å². The number of anilines is 1. The first-order chi connectivity index (χ1) is 49.9. The van der Waals surface area contributed by atoms with E-state index in [-0.39, 0.29) is 30.6 Å². The maximum Gasteiger partial charge on any atom is 0.329 e. The van der Waals surface area contributed by atoms with E-state index >= 15 is 0 Å². The number of rotatable bonds is 27. The van der Waals surface area contributed by atoms with Gasteiger partial charge in [0, 0.05) is 54.5 Å². The highest BCUT2D eigenvalue weighted by atomic mass is 16.5. The number of aliphatic hydroxyl groups excluding tert-OH is 1. The van der Waals surface area contributed by atoms with Crippen LogP contribution in [0.15, 0.2) is 54.7 Å². The Kier molecular flexibility index (Phi) is 33.5. The number of aliphatic carboxylic acids is 4. The van der Waals surface area contributed by atoms with Crippen LogP contribution in [0.4, 0.5) is 5.69 Å². The summed E-state index contributed by atoms with van der Waals surface area (Å²) in [4.78, 5) is 272. The molecule has 1 saturated heterocycles. The molecule has 1 aliphatic heterocycles. The van der Waals surface area contributed by atoms with E-state index in [4.69, 9.17) is 21.9 Å². The van der Waals surface area contributed by atoms with Gasteiger partial charge in [-0.05, 0) is 63.4 Å². The van der Waals surface area contributed by atoms with Crippen molar-refractivity contribution in [1.82, 2.24) is 74.1 Å². The number of primary amides is 1. The summed E-state index contributed by atoms with van der Waals surface area (Å²) in [5.74, 6) is -28.5. The molecule has 0 saturated carbocycles. The summed E-state index contributed by atoms with van der Waals surface area (Å²) in [7, 11) is 0. The first kappa shape index (κ1) is 85.7. The lowest BCUT2D eigenvalue weighted by Crippen LogP contribution is -2.61. The molecule has 2 heterocycles. The van der Waals surface area contributed by atoms with Crippen LogP contribution in [0.25, 0.3) is 10.9 Å². The molecule has 576 valence electrons. The number of carbonyl (C=O) groups excluding carboxylic acids is 16. The monoisotopic (exact) mass is 1490 g/mol. The second-order valence-electron chi connectivity index (χ2n) is 23.9. The Morgan fingerprint density at radius 3 is 1.65 bits per heavy atom. The number of aliphatic hydroxyl groups is 1. The number of carboxylic acid groups (broad SMARTS) is 4. The minimum absolute atomic E-state index is 0.0931. The summed E-state index contributed by atoms with van der Waals surface area (Å²) < 4.78 is 5.61. The zero-order chi connectivity index (χ0) is 79.2. The fourth-order valence-electron chi connectivity index (χ4n) is 10.2. The molecule has 3 aromatic rings. The minimum Gasteiger partial charge on any atom is -0.481 e. The molecular formula is C63H83N17O26. The average molecular weight is 1490 g/mol. The van der Waals surface area contributed by atoms with Gasteiger partial charge in [0.25, 0.3) is 0 Å². The molecule has 1 fully saturated rings. The van der Waals surface area contributed by atoms with Crippen molar-refractivity contribution in [2.75, 3.05) is 32.0 Å². The number of carboxylic acids is 4. The Morgan fingerprint density at radius 1 is 0.557 bits per heavy atom. The number of carbonyl (C=O) groups is 20. The normalized spacial score (nSPS) is 21.7. The summed E-state index contributed by atoms with van der Waals surface area (Å²) in [5.41, 5.74) is 17.8. The molecule has 0 aliphatic carbocycles. The summed E-state index contributed by atoms with van der Waals surface area (Å²) in [6.07, 6.45) is -9.20. The zero-order valence-electron chi connectivity index (χ0n) is 57.1. The molecule has 1 aliphatic rings. The maximum atomic E-state index is 14.7. The van der Waals surface area contributed by atoms with E-state index < -0.39 is 262 Å². The molecule has 0 bridgehead atoms. The van der Waals surface area contributed by atoms with Crippen LogP contribution in [0.1, 0.15) is 94.5 Å². The third-order valence-corrected chi connectivity index (χ3v) is 15.5. The number of aromatic amines is 1. The number of hydrogen-bond donors (Lipinski definition) is 22. The predicted octanol–water partition coefficient (Wildman–Crippen LogP) is -8.99. The first-order valence-electron chi connectivity index (χ1n) is 32.4. The number of cyclic esters (lactones) is 1. The van der Waals surface area contributed by atoms with E-state index in [9.17, 15) is 121 Å². The lowest BCUT2D eigenvalue weighted by Gasteiger charge is -2.29. The molecule has 0 radical (unpaired) electrons. The highest BCUT2D eigenvalue weighted by molar-refractivity contribution is 6.05. The summed E-state index contributed by atoms with van der Waals surface area (Å²) >= 11 is 0. The number of nitrogens with two attached hydrogens (primary N) is 3. The van der Waals surface area contributed by atoms with E-state index in [2.05, 4.69) is 52.8 Å². The molecule has 4 rings (SSSR count). The van der Waals surface area contributed by atoms with Crippen LogP contribution < -0.4 is 86.3 Å². The number of fused-ring (bicyclic) bond motifs is 1. The third kappa shape index (κ3) is 27.9. The highest BCUT2D eigenvalue weighted by Gasteiger charge is 2.40. The van der Waals surface area contributed by atoms with E-state index in [1.807, 2.05) is 21.3 Å². The van der Waals surface area contributed by atoms with Crippen LogP contribution >= 0.6 is 0 Å². The van der Waals surface area contributed by atoms with E-state index in [0.29, 0.717) is 16.5 Å². The van der Waals surface area contributed by atoms with Crippen molar-refractivity contribution in [2.24, 2.45) is 11.5 Å². The quantitative estimate of drug-likeness (QED) is 0.0191. The van der Waals surface area contributed by atoms with Crippen LogP contribution in [0.3, 0.4) is 0 Å². The molecule has 12 atom stereocenters. The van der Waals surface area contributed by atoms with Gasteiger partial charge in [-0.2, -0.15) is 0 Å². The number of aromatic nitrogens is 1. The van der Waals surface area contributed by atoms with E-state index in [1.165, 1.54) is 30.5 Å². The summed E-state index contributed by atoms with van der Waals surface area (Å²) in [6.45, 7) is -0.987. The molecule has 106 heavy (non-hydrogen) atoms. The molecule has 12 unspecified atom stereocenters. The lowest BCUT2D eigenvalue weighted by atomic mass is 10.0. The molecule has 43 nitrogen and oxygen atoms in total. The lowest BCUT2D eigenvalue weighted by molar-refractivity contribution is -0.156. The number of nitrogen functional groups attached to an aromatic ring is 1. The smallest absolute Gasteiger partial charge is 0.329 e. The Morgan fingerprint density at radius 2 is 1.08 bits per heavy atom. The second kappa shape index (κ2) is 41.4. The van der Waals surface area contributed by atoms with Crippen molar-refractivity contribution in [3.63, 3.8) is 0 Å². The number of nitrogens with one attached hydrogen (secondary N) is 14. The number of ether oxygens (including phenoxy) is 1. The van der Waals surface area contributed by atoms with Gasteiger partial charge in [-0.1, -0.05) is 30.3 Å². The van der Waals surface area contributed by atoms with Gasteiger partial charge in [-0.3, -0.25) is 91.1 Å². The number of para-hydroxylation sites is 2. The van der Waals surface area contributed by atoms with Crippen LogP contribution in [0.5, 0.6) is 0 Å². The largest absolute Gasteiger partial charge is 0.481 e. The number of ketones is 1. The van der Waals surface area contributed by atoms with Crippen LogP contribution in [-0.2, 0) is 102 Å². The summed E-state index contributed by atoms with van der Waals surface area (Å²) in [6, 6.07) is -10.6. The predicted molar refractivity (Wildman–Crippen MR) is 359 cm³/mol. The average Bonchev–Trinajstić information content (AvgIpc) is 1.69. The zero-order valence-corrected chi connectivity index (χ0v) is 57.1. The van der Waals surface area contributed by atoms with E-state index in [0.717, 1.165) is 20.8 Å². The number of esters is 1. The van der Waals surface area contributed by atoms with Crippen LogP contribution in [0, 0.1) is 0 Å². The van der Waals surface area contributed by atoms with Gasteiger partial charge >= 0.3 is 29.8 Å². The molecular weight excluding hydrogens is 1410 g/mol. The Labute approximate surface area is 600 Å². The topological polar surface area (TPSA) is 702 Å². The van der Waals surface area contributed by atoms with Crippen molar-refractivity contribution >= 4 is 135 Å². The number of H-pyrrole nitrogens is 1. The molecule has 2 aromatic carbocycles. The van der Waals surface area contributed by atoms with Crippen molar-refractivity contribution in [3.8, 4) is 0 Å². The number of benzene rings is 2. The minimum atomic E-state index is -2.44. The van der Waals surface area contributed by atoms with Crippen molar-refractivity contribution < 1.29 is 126 Å². The number of hydrogen-bond acceptors (Lipinski definition) is 24. The number of Topliss-reactive ketones (excluding diaryl/α,β-unsaturated/α-hetero) is 1. The van der Waals surface area contributed by atoms with Gasteiger partial charge in [-0.25, -0.2) is 4.79 Å². The van der Waals surface area contributed by atoms with Crippen molar-refractivity contribution in [1.29, 1.82) is 0 Å². The second-order valence-corrected chi connectivity index (χ2v) is 23.9. The van der Waals surface area contributed by atoms with Crippen LogP contribution in [-0.4, -0.2) is 248 Å². The molecule has 14 amide bonds. The van der Waals surface area contributed by atoms with Gasteiger partial charge in [0.1, 0.15) is 72.6 Å². The molecule has 1 aromatic heterocycles. The van der Waals surface area contributed by atoms with Gasteiger partial charge in [0.05, 0.1) is 45.4 Å². The first-order valence-corrected chi connectivity index (χ1v) is 32.4. The Balaban J connectivity index is 1.86. The molecule has 43 heteroatoms. The standard InChI is InChI=1S/C63H83N17O26/c1-27-53(95)75-39(20-49(89)90)54(96)68-24-47(86)73-43(26-81)61(103)74-36(14-15-48(87)88)56(98)79-42(18-44(83)32-10-4-6-11-33(32)65)63(105)106-28(2)52(62(104)69-25-46(85)72-35(13-8-16-64)55(97)77-40(21-50(91)92)57(99)70-27)80-60(102)41(22-51(93)94)78-59(101)38(19-45(66)84)76-58(100)37(71-29(3)82)17-30-23-67-34-12-7-5-9-31(30)34/h4-7,9-12,23,27-28,35-43,52,67,81H,8,13-22,24-26,64-65H2,1-3H3,(H2,66,84)(H,68,96)(H,69,104)(H,70,99)(H,71,82)(H,72,85)(H,73,86)(H,74,103)(H,75,95)(H,76,100)(H,77,97)(H,78,101)(H,79,98)(H,80,102)(H,87,88)(H,89,90)(H,91,92)(H,93,94). The number of amides is 14. The van der Waals surface area contributed by atoms with Gasteiger partial charge in [-0.15, -0.1) is 0 Å². The SMILES string of the molecule is CC(=O)NC(Cc1c[nH]c2ccccc12)C(=O)NC(CC(N)=O)C(=O)NC(CC(=O)O)C(=O)NC1C(=O)NCC(=O)NC(CCCN)C(=O)NC(CC(=O)O)C(=O)NC(C)C(=O)NC(CC(=O)O)C(=O)NCC(=O)NC(CO)C(=O)NC(CCC(=O)O)C(=O)NC(CC(=O)c2ccccc2N)C(=O)OC1C. The van der Waals surface area contributed by atoms with E-state index in [1.54, 1.807) is 24.3 Å². The Hall–Kier alpha value is -12.7. The third-order valence-electron chi connectivity index (χ3n) is 15.5. The fraction of sp³-hybridized carbons (Fsp3) is 0.460. The summed E-state index contributed by atoms with van der Waals surface area (Å²) in [5, 5.41) is 77.4. The van der Waals surface area contributed by atoms with Crippen LogP contribution in [0.2, 0.25) is 0 Å². The van der Waals surface area contributed by atoms with Gasteiger partial charge in [0.2, 0.25) is 82.7 Å².